The molecule has 5 nitrogen and oxygen atoms in total. The van der Waals surface area contributed by atoms with Gasteiger partial charge in [-0.1, -0.05) is 5.16 Å². The van der Waals surface area contributed by atoms with Crippen LogP contribution in [0.4, 0.5) is 0 Å². The van der Waals surface area contributed by atoms with Gasteiger partial charge in [0.2, 0.25) is 11.7 Å². The van der Waals surface area contributed by atoms with Crippen molar-refractivity contribution in [3.05, 3.63) is 28.7 Å². The van der Waals surface area contributed by atoms with Gasteiger partial charge >= 0.3 is 0 Å². The summed E-state index contributed by atoms with van der Waals surface area (Å²) in [5.74, 6) is 1.42. The highest BCUT2D eigenvalue weighted by Crippen LogP contribution is 2.33. The maximum absolute atomic E-state index is 9.51. The van der Waals surface area contributed by atoms with E-state index in [0.717, 1.165) is 30.2 Å². The highest BCUT2D eigenvalue weighted by molar-refractivity contribution is 9.10. The van der Waals surface area contributed by atoms with Crippen LogP contribution in [0.1, 0.15) is 37.5 Å². The highest BCUT2D eigenvalue weighted by atomic mass is 79.9. The second-order valence-corrected chi connectivity index (χ2v) is 5.65. The molecule has 3 rings (SSSR count). The Morgan fingerprint density at radius 1 is 1.26 bits per heavy atom. The second kappa shape index (κ2) is 5.38. The molecule has 2 heterocycles. The lowest BCUT2D eigenvalue weighted by molar-refractivity contribution is 0.116. The minimum atomic E-state index is -0.177. The number of pyridine rings is 1. The molecule has 6 heteroatoms. The van der Waals surface area contributed by atoms with Crippen LogP contribution in [0.15, 0.2) is 27.3 Å². The summed E-state index contributed by atoms with van der Waals surface area (Å²) in [4.78, 5) is 8.69. The van der Waals surface area contributed by atoms with Crippen molar-refractivity contribution in [1.82, 2.24) is 15.1 Å². The van der Waals surface area contributed by atoms with Gasteiger partial charge in [-0.05, 0) is 53.7 Å². The Morgan fingerprint density at radius 2 is 2.05 bits per heavy atom. The van der Waals surface area contributed by atoms with E-state index in [1.807, 2.05) is 12.1 Å². The minimum Gasteiger partial charge on any atom is -0.393 e. The maximum Gasteiger partial charge on any atom is 0.230 e. The van der Waals surface area contributed by atoms with Crippen LogP contribution in [0.5, 0.6) is 0 Å². The fourth-order valence-corrected chi connectivity index (χ4v) is 2.80. The topological polar surface area (TPSA) is 72.0 Å². The summed E-state index contributed by atoms with van der Waals surface area (Å²) in [5, 5.41) is 13.5. The number of aromatic nitrogens is 3. The zero-order valence-electron chi connectivity index (χ0n) is 10.3. The molecule has 1 fully saturated rings. The molecule has 2 aromatic rings. The fourth-order valence-electron chi connectivity index (χ4n) is 2.37. The molecular formula is C13H14BrN3O2. The van der Waals surface area contributed by atoms with E-state index in [-0.39, 0.29) is 12.0 Å². The predicted molar refractivity (Wildman–Crippen MR) is 72.4 cm³/mol. The van der Waals surface area contributed by atoms with Gasteiger partial charge in [0, 0.05) is 16.6 Å². The highest BCUT2D eigenvalue weighted by Gasteiger charge is 2.26. The Bertz CT molecular complexity index is 565. The minimum absolute atomic E-state index is 0.177. The van der Waals surface area contributed by atoms with Crippen LogP contribution in [0, 0.1) is 0 Å². The average molecular weight is 324 g/mol. The first kappa shape index (κ1) is 12.7. The van der Waals surface area contributed by atoms with Gasteiger partial charge in [-0.25, -0.2) is 0 Å². The van der Waals surface area contributed by atoms with Crippen molar-refractivity contribution in [3.8, 4) is 11.5 Å². The van der Waals surface area contributed by atoms with Gasteiger partial charge in [0.25, 0.3) is 0 Å². The average Bonchev–Trinajstić information content (AvgIpc) is 2.89. The van der Waals surface area contributed by atoms with Crippen LogP contribution < -0.4 is 0 Å². The molecule has 1 saturated carbocycles. The molecule has 0 saturated heterocycles. The van der Waals surface area contributed by atoms with Gasteiger partial charge in [-0.2, -0.15) is 4.98 Å². The number of hydrogen-bond donors (Lipinski definition) is 1. The zero-order valence-corrected chi connectivity index (χ0v) is 11.9. The van der Waals surface area contributed by atoms with Gasteiger partial charge < -0.3 is 9.63 Å². The number of halogens is 1. The summed E-state index contributed by atoms with van der Waals surface area (Å²) in [6.45, 7) is 0. The van der Waals surface area contributed by atoms with Gasteiger partial charge in [0.05, 0.1) is 6.10 Å². The summed E-state index contributed by atoms with van der Waals surface area (Å²) in [6.07, 6.45) is 4.92. The van der Waals surface area contributed by atoms with Gasteiger partial charge in [0.15, 0.2) is 0 Å². The number of aliphatic hydroxyl groups is 1. The molecule has 0 unspecified atom stereocenters. The SMILES string of the molecule is OC1CCC(c2nc(-c3ncccc3Br)no2)CC1. The largest absolute Gasteiger partial charge is 0.393 e. The number of aliphatic hydroxyl groups excluding tert-OH is 1. The molecule has 0 aliphatic heterocycles. The molecule has 0 atom stereocenters. The van der Waals surface area contributed by atoms with Crippen molar-refractivity contribution in [2.45, 2.75) is 37.7 Å². The van der Waals surface area contributed by atoms with Gasteiger partial charge in [-0.15, -0.1) is 0 Å². The molecule has 19 heavy (non-hydrogen) atoms. The Morgan fingerprint density at radius 3 is 2.79 bits per heavy atom. The van der Waals surface area contributed by atoms with E-state index in [4.69, 9.17) is 4.52 Å². The second-order valence-electron chi connectivity index (χ2n) is 4.80. The smallest absolute Gasteiger partial charge is 0.230 e. The summed E-state index contributed by atoms with van der Waals surface area (Å²) in [5.41, 5.74) is 0.688. The Hall–Kier alpha value is -1.27. The van der Waals surface area contributed by atoms with Gasteiger partial charge in [-0.3, -0.25) is 4.98 Å². The van der Waals surface area contributed by atoms with Crippen molar-refractivity contribution >= 4 is 15.9 Å². The molecule has 0 spiro atoms. The van der Waals surface area contributed by atoms with Crippen LogP contribution in [-0.2, 0) is 0 Å². The van der Waals surface area contributed by atoms with Crippen molar-refractivity contribution in [1.29, 1.82) is 0 Å². The monoisotopic (exact) mass is 323 g/mol. The van der Waals surface area contributed by atoms with E-state index in [1.165, 1.54) is 0 Å². The van der Waals surface area contributed by atoms with E-state index in [0.29, 0.717) is 17.4 Å². The van der Waals surface area contributed by atoms with Crippen molar-refractivity contribution in [2.75, 3.05) is 0 Å². The van der Waals surface area contributed by atoms with Crippen LogP contribution in [-0.4, -0.2) is 26.3 Å². The predicted octanol–water partition coefficient (Wildman–Crippen LogP) is 2.91. The molecule has 0 radical (unpaired) electrons. The van der Waals surface area contributed by atoms with Crippen LogP contribution in [0.2, 0.25) is 0 Å². The third kappa shape index (κ3) is 2.69. The molecule has 100 valence electrons. The molecule has 0 bridgehead atoms. The standard InChI is InChI=1S/C13H14BrN3O2/c14-10-2-1-7-15-11(10)12-16-13(19-17-12)8-3-5-9(18)6-4-8/h1-2,7-9,18H,3-6H2. The van der Waals surface area contributed by atoms with Crippen molar-refractivity contribution in [2.24, 2.45) is 0 Å². The van der Waals surface area contributed by atoms with Crippen molar-refractivity contribution in [3.63, 3.8) is 0 Å². The van der Waals surface area contributed by atoms with E-state index in [9.17, 15) is 5.11 Å². The Labute approximate surface area is 119 Å². The lowest BCUT2D eigenvalue weighted by Crippen LogP contribution is -2.17. The van der Waals surface area contributed by atoms with E-state index in [1.54, 1.807) is 6.20 Å². The summed E-state index contributed by atoms with van der Waals surface area (Å²) >= 11 is 3.43. The molecule has 1 aliphatic carbocycles. The Kier molecular flexibility index (Phi) is 3.61. The summed E-state index contributed by atoms with van der Waals surface area (Å²) in [6, 6.07) is 3.74. The van der Waals surface area contributed by atoms with E-state index < -0.39 is 0 Å². The number of rotatable bonds is 2. The number of hydrogen-bond acceptors (Lipinski definition) is 5. The first-order valence-electron chi connectivity index (χ1n) is 6.36. The molecule has 0 aromatic carbocycles. The third-order valence-electron chi connectivity index (χ3n) is 3.46. The van der Waals surface area contributed by atoms with Crippen LogP contribution in [0.3, 0.4) is 0 Å². The van der Waals surface area contributed by atoms with E-state index in [2.05, 4.69) is 31.1 Å². The molecule has 1 aliphatic rings. The van der Waals surface area contributed by atoms with Crippen molar-refractivity contribution < 1.29 is 9.63 Å². The summed E-state index contributed by atoms with van der Waals surface area (Å²) in [7, 11) is 0. The molecule has 2 aromatic heterocycles. The third-order valence-corrected chi connectivity index (χ3v) is 4.10. The number of nitrogens with zero attached hydrogens (tertiary/aromatic N) is 3. The first-order chi connectivity index (χ1) is 9.24. The lowest BCUT2D eigenvalue weighted by atomic mass is 9.87. The Balaban J connectivity index is 1.82. The van der Waals surface area contributed by atoms with Gasteiger partial charge in [0.1, 0.15) is 5.69 Å². The zero-order chi connectivity index (χ0) is 13.2. The lowest BCUT2D eigenvalue weighted by Gasteiger charge is -2.22. The van der Waals surface area contributed by atoms with Crippen LogP contribution in [0.25, 0.3) is 11.5 Å². The molecule has 1 N–H and O–H groups in total. The normalized spacial score (nSPS) is 23.5. The summed E-state index contributed by atoms with van der Waals surface area (Å²) < 4.78 is 6.19. The first-order valence-corrected chi connectivity index (χ1v) is 7.16. The van der Waals surface area contributed by atoms with Crippen LogP contribution >= 0.6 is 15.9 Å². The molecule has 0 amide bonds. The van der Waals surface area contributed by atoms with E-state index >= 15 is 0 Å². The molecular weight excluding hydrogens is 310 g/mol. The maximum atomic E-state index is 9.51. The quantitative estimate of drug-likeness (QED) is 0.919. The fraction of sp³-hybridized carbons (Fsp3) is 0.462.